The molecule has 0 aliphatic heterocycles. The topological polar surface area (TPSA) is 176 Å². The van der Waals surface area contributed by atoms with Crippen LogP contribution in [-0.2, 0) is 22.9 Å². The van der Waals surface area contributed by atoms with E-state index in [1.54, 1.807) is 4.72 Å². The van der Waals surface area contributed by atoms with Gasteiger partial charge in [0, 0.05) is 6.07 Å². The zero-order valence-corrected chi connectivity index (χ0v) is 16.1. The highest BCUT2D eigenvalue weighted by Gasteiger charge is 2.34. The molecule has 2 aromatic rings. The predicted octanol–water partition coefficient (Wildman–Crippen LogP) is 0.796. The second kappa shape index (κ2) is 7.83. The highest BCUT2D eigenvalue weighted by molar-refractivity contribution is 7.90. The molecule has 154 valence electrons. The van der Waals surface area contributed by atoms with E-state index in [-0.39, 0.29) is 18.0 Å². The van der Waals surface area contributed by atoms with Gasteiger partial charge in [0.25, 0.3) is 15.7 Å². The van der Waals surface area contributed by atoms with Gasteiger partial charge in [0.15, 0.2) is 4.90 Å². The minimum atomic E-state index is -4.55. The third kappa shape index (κ3) is 4.16. The van der Waals surface area contributed by atoms with Crippen molar-refractivity contribution in [3.8, 4) is 12.0 Å². The van der Waals surface area contributed by atoms with Crippen molar-refractivity contribution in [2.45, 2.75) is 24.2 Å². The lowest BCUT2D eigenvalue weighted by Gasteiger charge is -2.12. The highest BCUT2D eigenvalue weighted by Crippen LogP contribution is 2.35. The Balaban J connectivity index is 1.90. The standard InChI is InChI=1S/C15H16N6O7S/c1-27-14-17-12(18-15(19-14)28-2)16-13(22)20-29(25,26)11-9-5-3-4-8(9)6-7-10(11)21(23)24/h6-7H,3-5H2,1-2H3,(H2,16,17,18,19,20,22). The fourth-order valence-electron chi connectivity index (χ4n) is 2.94. The van der Waals surface area contributed by atoms with Crippen molar-refractivity contribution in [2.24, 2.45) is 0 Å². The van der Waals surface area contributed by atoms with Gasteiger partial charge in [-0.15, -0.1) is 4.98 Å². The van der Waals surface area contributed by atoms with Crippen molar-refractivity contribution < 1.29 is 27.6 Å². The van der Waals surface area contributed by atoms with Gasteiger partial charge < -0.3 is 9.47 Å². The quantitative estimate of drug-likeness (QED) is 0.498. The van der Waals surface area contributed by atoms with Crippen LogP contribution in [0.5, 0.6) is 12.0 Å². The molecule has 0 atom stereocenters. The van der Waals surface area contributed by atoms with Crippen LogP contribution in [0.4, 0.5) is 16.4 Å². The van der Waals surface area contributed by atoms with Crippen molar-refractivity contribution in [2.75, 3.05) is 19.5 Å². The van der Waals surface area contributed by atoms with Crippen molar-refractivity contribution in [1.82, 2.24) is 19.7 Å². The summed E-state index contributed by atoms with van der Waals surface area (Å²) < 4.78 is 37.0. The molecule has 14 heteroatoms. The van der Waals surface area contributed by atoms with Crippen LogP contribution in [0, 0.1) is 10.1 Å². The number of nitrogens with one attached hydrogen (secondary N) is 2. The van der Waals surface area contributed by atoms with Crippen LogP contribution in [0.1, 0.15) is 17.5 Å². The molecule has 2 amide bonds. The zero-order chi connectivity index (χ0) is 21.2. The molecule has 29 heavy (non-hydrogen) atoms. The average molecular weight is 424 g/mol. The van der Waals surface area contributed by atoms with E-state index < -0.39 is 31.6 Å². The Morgan fingerprint density at radius 2 is 1.79 bits per heavy atom. The number of sulfonamides is 1. The Hall–Kier alpha value is -3.55. The van der Waals surface area contributed by atoms with Gasteiger partial charge >= 0.3 is 18.1 Å². The van der Waals surface area contributed by atoms with E-state index in [0.717, 1.165) is 6.07 Å². The van der Waals surface area contributed by atoms with Gasteiger partial charge in [0.1, 0.15) is 0 Å². The van der Waals surface area contributed by atoms with E-state index in [1.807, 2.05) is 0 Å². The maximum atomic E-state index is 12.8. The first-order chi connectivity index (χ1) is 13.7. The number of amides is 2. The van der Waals surface area contributed by atoms with Crippen molar-refractivity contribution in [1.29, 1.82) is 0 Å². The number of urea groups is 1. The van der Waals surface area contributed by atoms with Gasteiger partial charge in [-0.05, 0) is 30.4 Å². The fourth-order valence-corrected chi connectivity index (χ4v) is 4.31. The van der Waals surface area contributed by atoms with E-state index >= 15 is 0 Å². The summed E-state index contributed by atoms with van der Waals surface area (Å²) in [5.41, 5.74) is 0.431. The number of aromatic nitrogens is 3. The number of rotatable bonds is 6. The molecule has 0 spiro atoms. The number of aryl methyl sites for hydroxylation is 1. The molecule has 0 saturated heterocycles. The number of nitrogens with zero attached hydrogens (tertiary/aromatic N) is 4. The molecule has 1 aromatic carbocycles. The molecule has 1 aliphatic rings. The second-order valence-corrected chi connectivity index (χ2v) is 7.47. The highest BCUT2D eigenvalue weighted by atomic mass is 32.2. The van der Waals surface area contributed by atoms with Gasteiger partial charge in [-0.25, -0.2) is 17.9 Å². The normalized spacial score (nSPS) is 12.8. The predicted molar refractivity (Wildman–Crippen MR) is 97.4 cm³/mol. The van der Waals surface area contributed by atoms with Gasteiger partial charge in [0.2, 0.25) is 5.95 Å². The maximum absolute atomic E-state index is 12.8. The summed E-state index contributed by atoms with van der Waals surface area (Å²) in [4.78, 5) is 33.5. The summed E-state index contributed by atoms with van der Waals surface area (Å²) in [6.07, 6.45) is 1.62. The van der Waals surface area contributed by atoms with Crippen molar-refractivity contribution in [3.63, 3.8) is 0 Å². The van der Waals surface area contributed by atoms with Gasteiger partial charge in [-0.1, -0.05) is 6.07 Å². The number of ether oxygens (including phenoxy) is 2. The first-order valence-corrected chi connectivity index (χ1v) is 9.70. The number of carbonyl (C=O) groups excluding carboxylic acids is 1. The summed E-state index contributed by atoms with van der Waals surface area (Å²) >= 11 is 0. The SMILES string of the molecule is COc1nc(NC(=O)NS(=O)(=O)c2c([N+](=O)[O-])ccc3c2CCC3)nc(OC)n1. The Kier molecular flexibility index (Phi) is 5.45. The lowest BCUT2D eigenvalue weighted by atomic mass is 10.1. The molecule has 0 saturated carbocycles. The molecule has 3 rings (SSSR count). The number of benzene rings is 1. The summed E-state index contributed by atoms with van der Waals surface area (Å²) in [6, 6.07) is 1.09. The molecule has 1 aliphatic carbocycles. The van der Waals surface area contributed by atoms with Crippen LogP contribution in [0.15, 0.2) is 17.0 Å². The largest absolute Gasteiger partial charge is 0.467 e. The van der Waals surface area contributed by atoms with Crippen LogP contribution >= 0.6 is 0 Å². The van der Waals surface area contributed by atoms with Crippen LogP contribution in [0.2, 0.25) is 0 Å². The van der Waals surface area contributed by atoms with Crippen LogP contribution in [0.25, 0.3) is 0 Å². The first-order valence-electron chi connectivity index (χ1n) is 8.22. The Bertz CT molecular complexity index is 1070. The number of hydrogen-bond acceptors (Lipinski definition) is 10. The summed E-state index contributed by atoms with van der Waals surface area (Å²) in [5.74, 6) is -0.339. The summed E-state index contributed by atoms with van der Waals surface area (Å²) in [5, 5.41) is 13.5. The molecule has 2 N–H and O–H groups in total. The van der Waals surface area contributed by atoms with Crippen LogP contribution < -0.4 is 19.5 Å². The molecular weight excluding hydrogens is 408 g/mol. The number of carbonyl (C=O) groups is 1. The lowest BCUT2D eigenvalue weighted by molar-refractivity contribution is -0.387. The van der Waals surface area contributed by atoms with Gasteiger partial charge in [0.05, 0.1) is 19.1 Å². The molecule has 0 fully saturated rings. The van der Waals surface area contributed by atoms with E-state index in [2.05, 4.69) is 20.3 Å². The summed E-state index contributed by atoms with van der Waals surface area (Å²) in [7, 11) is -2.00. The number of fused-ring (bicyclic) bond motifs is 1. The third-order valence-corrected chi connectivity index (χ3v) is 5.53. The van der Waals surface area contributed by atoms with Gasteiger partial charge in [-0.2, -0.15) is 9.97 Å². The zero-order valence-electron chi connectivity index (χ0n) is 15.3. The van der Waals surface area contributed by atoms with Crippen LogP contribution in [0.3, 0.4) is 0 Å². The maximum Gasteiger partial charge on any atom is 0.335 e. The van der Waals surface area contributed by atoms with E-state index in [4.69, 9.17) is 9.47 Å². The lowest BCUT2D eigenvalue weighted by Crippen LogP contribution is -2.35. The Morgan fingerprint density at radius 1 is 1.14 bits per heavy atom. The van der Waals surface area contributed by atoms with E-state index in [9.17, 15) is 23.3 Å². The minimum absolute atomic E-state index is 0.175. The number of anilines is 1. The molecule has 0 bridgehead atoms. The molecule has 0 unspecified atom stereocenters. The minimum Gasteiger partial charge on any atom is -0.467 e. The summed E-state index contributed by atoms with van der Waals surface area (Å²) in [6.45, 7) is 0. The van der Waals surface area contributed by atoms with Crippen molar-refractivity contribution >= 4 is 27.7 Å². The van der Waals surface area contributed by atoms with Crippen LogP contribution in [-0.4, -0.2) is 48.5 Å². The van der Waals surface area contributed by atoms with Gasteiger partial charge in [-0.3, -0.25) is 15.4 Å². The van der Waals surface area contributed by atoms with E-state index in [1.165, 1.54) is 20.3 Å². The molecule has 13 nitrogen and oxygen atoms in total. The monoisotopic (exact) mass is 424 g/mol. The third-order valence-electron chi connectivity index (χ3n) is 4.09. The van der Waals surface area contributed by atoms with Crippen molar-refractivity contribution in [3.05, 3.63) is 33.4 Å². The Morgan fingerprint density at radius 3 is 2.38 bits per heavy atom. The fraction of sp³-hybridized carbons (Fsp3) is 0.333. The first kappa shape index (κ1) is 20.2. The molecule has 1 heterocycles. The number of nitro benzene ring substituents is 1. The average Bonchev–Trinajstić information content (AvgIpc) is 3.14. The Labute approximate surface area is 164 Å². The number of hydrogen-bond donors (Lipinski definition) is 2. The number of nitro groups is 1. The molecule has 0 radical (unpaired) electrons. The number of methoxy groups -OCH3 is 2. The second-order valence-electron chi connectivity index (χ2n) is 5.85. The smallest absolute Gasteiger partial charge is 0.335 e. The molecule has 1 aromatic heterocycles. The molecular formula is C15H16N6O7S. The van der Waals surface area contributed by atoms with E-state index in [0.29, 0.717) is 30.4 Å².